The molecule has 2 aromatic carbocycles. The van der Waals surface area contributed by atoms with Crippen LogP contribution in [0, 0.1) is 0 Å². The Hall–Kier alpha value is -3.88. The van der Waals surface area contributed by atoms with E-state index in [1.807, 2.05) is 86.2 Å². The summed E-state index contributed by atoms with van der Waals surface area (Å²) in [4.78, 5) is 23.1. The van der Waals surface area contributed by atoms with Gasteiger partial charge in [-0.2, -0.15) is 0 Å². The molecule has 0 saturated carbocycles. The van der Waals surface area contributed by atoms with Crippen molar-refractivity contribution in [2.45, 2.75) is 11.1 Å². The first-order valence-electron chi connectivity index (χ1n) is 11.8. The molecule has 0 spiro atoms. The SMILES string of the molecule is CNCCO/N=C(\c1ccccc1)c1cccc(NC(=O)c2ccn3c2CSC3c2cccnc2)c1. The van der Waals surface area contributed by atoms with E-state index in [0.29, 0.717) is 30.1 Å². The number of oxime groups is 1. The highest BCUT2D eigenvalue weighted by Crippen LogP contribution is 2.41. The van der Waals surface area contributed by atoms with Crippen LogP contribution in [0.15, 0.2) is 96.5 Å². The van der Waals surface area contributed by atoms with Crippen molar-refractivity contribution in [3.05, 3.63) is 119 Å². The first-order chi connectivity index (χ1) is 17.7. The first kappa shape index (κ1) is 23.8. The number of likely N-dealkylation sites (N-methyl/N-ethyl adjacent to an activating group) is 1. The van der Waals surface area contributed by atoms with Crippen molar-refractivity contribution in [1.29, 1.82) is 0 Å². The largest absolute Gasteiger partial charge is 0.394 e. The Morgan fingerprint density at radius 2 is 1.97 bits per heavy atom. The number of carbonyl (C=O) groups excluding carboxylic acids is 1. The van der Waals surface area contributed by atoms with E-state index in [0.717, 1.165) is 28.1 Å². The molecule has 1 aliphatic heterocycles. The molecule has 0 fully saturated rings. The van der Waals surface area contributed by atoms with Gasteiger partial charge in [0.25, 0.3) is 5.91 Å². The monoisotopic (exact) mass is 497 g/mol. The number of hydrogen-bond acceptors (Lipinski definition) is 6. The Labute approximate surface area is 214 Å². The van der Waals surface area contributed by atoms with E-state index >= 15 is 0 Å². The van der Waals surface area contributed by atoms with Crippen molar-refractivity contribution in [3.63, 3.8) is 0 Å². The number of nitrogens with one attached hydrogen (secondary N) is 2. The predicted molar refractivity (Wildman–Crippen MR) is 144 cm³/mol. The molecule has 0 aliphatic carbocycles. The van der Waals surface area contributed by atoms with Gasteiger partial charge < -0.3 is 20.0 Å². The molecule has 36 heavy (non-hydrogen) atoms. The maximum absolute atomic E-state index is 13.3. The van der Waals surface area contributed by atoms with E-state index in [1.165, 1.54) is 0 Å². The smallest absolute Gasteiger partial charge is 0.257 e. The minimum Gasteiger partial charge on any atom is -0.394 e. The third-order valence-electron chi connectivity index (χ3n) is 5.91. The van der Waals surface area contributed by atoms with Crippen LogP contribution in [-0.2, 0) is 10.6 Å². The summed E-state index contributed by atoms with van der Waals surface area (Å²) in [5, 5.41) is 10.7. The van der Waals surface area contributed by atoms with Crippen molar-refractivity contribution in [2.24, 2.45) is 5.16 Å². The fourth-order valence-electron chi connectivity index (χ4n) is 4.14. The van der Waals surface area contributed by atoms with E-state index in [4.69, 9.17) is 4.84 Å². The highest BCUT2D eigenvalue weighted by Gasteiger charge is 2.28. The van der Waals surface area contributed by atoms with Gasteiger partial charge in [-0.1, -0.05) is 53.7 Å². The van der Waals surface area contributed by atoms with Crippen LogP contribution >= 0.6 is 11.8 Å². The average Bonchev–Trinajstić information content (AvgIpc) is 3.52. The number of rotatable bonds is 9. The number of nitrogens with zero attached hydrogens (tertiary/aromatic N) is 3. The average molecular weight is 498 g/mol. The molecule has 1 amide bonds. The highest BCUT2D eigenvalue weighted by molar-refractivity contribution is 7.99. The standard InChI is InChI=1S/C28H27N5O2S/c1-29-14-16-35-32-26(20-7-3-2-4-8-20)21-9-5-11-23(17-21)31-27(34)24-12-15-33-25(24)19-36-28(33)22-10-6-13-30-18-22/h2-13,15,17-18,28-29H,14,16,19H2,1H3,(H,31,34)/b32-26+. The third kappa shape index (κ3) is 5.19. The summed E-state index contributed by atoms with van der Waals surface area (Å²) >= 11 is 1.79. The van der Waals surface area contributed by atoms with Crippen molar-refractivity contribution < 1.29 is 9.63 Å². The van der Waals surface area contributed by atoms with Crippen molar-refractivity contribution in [3.8, 4) is 0 Å². The van der Waals surface area contributed by atoms with Gasteiger partial charge in [0.05, 0.1) is 5.56 Å². The summed E-state index contributed by atoms with van der Waals surface area (Å²) in [6.07, 6.45) is 5.64. The minimum absolute atomic E-state index is 0.128. The molecule has 0 bridgehead atoms. The Morgan fingerprint density at radius 1 is 1.11 bits per heavy atom. The summed E-state index contributed by atoms with van der Waals surface area (Å²) in [7, 11) is 1.87. The van der Waals surface area contributed by atoms with Crippen LogP contribution in [0.2, 0.25) is 0 Å². The number of thioether (sulfide) groups is 1. The van der Waals surface area contributed by atoms with Crippen LogP contribution < -0.4 is 10.6 Å². The van der Waals surface area contributed by atoms with E-state index in [-0.39, 0.29) is 11.3 Å². The van der Waals surface area contributed by atoms with Crippen LogP contribution in [-0.4, -0.2) is 41.4 Å². The fraction of sp³-hybridized carbons (Fsp3) is 0.179. The van der Waals surface area contributed by atoms with Crippen LogP contribution in [0.4, 0.5) is 5.69 Å². The molecule has 0 saturated heterocycles. The molecule has 2 aromatic heterocycles. The highest BCUT2D eigenvalue weighted by atomic mass is 32.2. The lowest BCUT2D eigenvalue weighted by atomic mass is 10.0. The minimum atomic E-state index is -0.128. The summed E-state index contributed by atoms with van der Waals surface area (Å²) in [6.45, 7) is 1.16. The molecule has 4 aromatic rings. The van der Waals surface area contributed by atoms with Crippen LogP contribution in [0.3, 0.4) is 0 Å². The molecule has 1 aliphatic rings. The summed E-state index contributed by atoms with van der Waals surface area (Å²) in [5.74, 6) is 0.640. The lowest BCUT2D eigenvalue weighted by Crippen LogP contribution is -2.15. The second-order valence-electron chi connectivity index (χ2n) is 8.31. The molecule has 5 rings (SSSR count). The molecule has 2 N–H and O–H groups in total. The summed E-state index contributed by atoms with van der Waals surface area (Å²) < 4.78 is 2.16. The van der Waals surface area contributed by atoms with Gasteiger partial charge in [-0.15, -0.1) is 11.8 Å². The van der Waals surface area contributed by atoms with E-state index in [2.05, 4.69) is 31.4 Å². The number of carbonyl (C=O) groups is 1. The quantitative estimate of drug-likeness (QED) is 0.195. The van der Waals surface area contributed by atoms with Crippen LogP contribution in [0.5, 0.6) is 0 Å². The predicted octanol–water partition coefficient (Wildman–Crippen LogP) is 4.92. The van der Waals surface area contributed by atoms with E-state index < -0.39 is 0 Å². The first-order valence-corrected chi connectivity index (χ1v) is 12.8. The zero-order chi connectivity index (χ0) is 24.7. The van der Waals surface area contributed by atoms with Gasteiger partial charge >= 0.3 is 0 Å². The second-order valence-corrected chi connectivity index (χ2v) is 9.38. The van der Waals surface area contributed by atoms with Gasteiger partial charge in [0.1, 0.15) is 17.7 Å². The summed E-state index contributed by atoms with van der Waals surface area (Å²) in [5.41, 5.74) is 6.04. The fourth-order valence-corrected chi connectivity index (χ4v) is 5.45. The van der Waals surface area contributed by atoms with Gasteiger partial charge in [0.2, 0.25) is 0 Å². The lowest BCUT2D eigenvalue weighted by Gasteiger charge is -2.12. The summed E-state index contributed by atoms with van der Waals surface area (Å²) in [6, 6.07) is 23.5. The van der Waals surface area contributed by atoms with Gasteiger partial charge in [0, 0.05) is 59.0 Å². The molecule has 7 nitrogen and oxygen atoms in total. The van der Waals surface area contributed by atoms with Gasteiger partial charge in [-0.25, -0.2) is 0 Å². The number of benzene rings is 2. The Bertz CT molecular complexity index is 1350. The van der Waals surface area contributed by atoms with Crippen molar-refractivity contribution >= 4 is 29.1 Å². The lowest BCUT2D eigenvalue weighted by molar-refractivity contribution is 0.102. The van der Waals surface area contributed by atoms with E-state index in [9.17, 15) is 4.79 Å². The maximum atomic E-state index is 13.3. The Morgan fingerprint density at radius 3 is 2.78 bits per heavy atom. The maximum Gasteiger partial charge on any atom is 0.257 e. The Kier molecular flexibility index (Phi) is 7.44. The molecule has 1 unspecified atom stereocenters. The molecule has 182 valence electrons. The molecular formula is C28H27N5O2S. The van der Waals surface area contributed by atoms with Crippen molar-refractivity contribution in [1.82, 2.24) is 14.9 Å². The number of aromatic nitrogens is 2. The number of hydrogen-bond donors (Lipinski definition) is 2. The van der Waals surface area contributed by atoms with Gasteiger partial charge in [0.15, 0.2) is 0 Å². The van der Waals surface area contributed by atoms with Gasteiger partial charge in [-0.3, -0.25) is 9.78 Å². The normalized spacial score (nSPS) is 14.9. The molecular weight excluding hydrogens is 470 g/mol. The molecule has 8 heteroatoms. The number of amides is 1. The Balaban J connectivity index is 1.36. The number of pyridine rings is 1. The van der Waals surface area contributed by atoms with Gasteiger partial charge in [-0.05, 0) is 31.3 Å². The zero-order valence-electron chi connectivity index (χ0n) is 19.9. The molecule has 1 atom stereocenters. The van der Waals surface area contributed by atoms with E-state index in [1.54, 1.807) is 18.0 Å². The second kappa shape index (κ2) is 11.2. The topological polar surface area (TPSA) is 80.5 Å². The number of fused-ring (bicyclic) bond motifs is 1. The third-order valence-corrected chi connectivity index (χ3v) is 7.16. The molecule has 3 heterocycles. The van der Waals surface area contributed by atoms with Crippen molar-refractivity contribution in [2.75, 3.05) is 25.5 Å². The molecule has 0 radical (unpaired) electrons. The van der Waals surface area contributed by atoms with Crippen LogP contribution in [0.1, 0.15) is 38.1 Å². The number of anilines is 1. The zero-order valence-corrected chi connectivity index (χ0v) is 20.7. The van der Waals surface area contributed by atoms with Crippen LogP contribution in [0.25, 0.3) is 0 Å².